The third-order valence-corrected chi connectivity index (χ3v) is 4.96. The molecule has 3 aromatic rings. The van der Waals surface area contributed by atoms with Gasteiger partial charge in [0, 0.05) is 11.4 Å². The largest absolute Gasteiger partial charge is 0.343 e. The van der Waals surface area contributed by atoms with Crippen LogP contribution in [0.2, 0.25) is 0 Å². The van der Waals surface area contributed by atoms with E-state index in [1.54, 1.807) is 17.4 Å². The van der Waals surface area contributed by atoms with Crippen molar-refractivity contribution in [3.8, 4) is 0 Å². The first-order chi connectivity index (χ1) is 12.6. The minimum atomic E-state index is -0.262. The molecule has 3 rings (SSSR count). The Balaban J connectivity index is 1.64. The molecular formula is C21H21FN2OS. The van der Waals surface area contributed by atoms with Gasteiger partial charge in [-0.05, 0) is 41.8 Å². The first kappa shape index (κ1) is 18.3. The normalized spacial score (nSPS) is 12.1. The number of likely N-dealkylation sites (N-methyl/N-ethyl adjacent to an activating group) is 1. The number of rotatable bonds is 7. The summed E-state index contributed by atoms with van der Waals surface area (Å²) in [5, 5.41) is 5.13. The van der Waals surface area contributed by atoms with Crippen LogP contribution in [-0.4, -0.2) is 24.4 Å². The topological polar surface area (TPSA) is 32.3 Å². The predicted molar refractivity (Wildman–Crippen MR) is 103 cm³/mol. The fourth-order valence-electron chi connectivity index (χ4n) is 2.87. The second-order valence-corrected chi connectivity index (χ2v) is 7.21. The smallest absolute Gasteiger partial charge is 0.234 e. The summed E-state index contributed by atoms with van der Waals surface area (Å²) >= 11 is 1.62. The van der Waals surface area contributed by atoms with E-state index in [4.69, 9.17) is 0 Å². The summed E-state index contributed by atoms with van der Waals surface area (Å²) in [6.45, 7) is 0.755. The minimum Gasteiger partial charge on any atom is -0.343 e. The van der Waals surface area contributed by atoms with Crippen LogP contribution >= 0.6 is 11.3 Å². The summed E-state index contributed by atoms with van der Waals surface area (Å²) in [6.07, 6.45) is 0. The molecule has 1 amide bonds. The Labute approximate surface area is 157 Å². The average molecular weight is 368 g/mol. The highest BCUT2D eigenvalue weighted by Crippen LogP contribution is 2.25. The molecule has 0 bridgehead atoms. The standard InChI is InChI=1S/C21H21FN2OS/c1-24(14-16-7-5-10-18(22)13-16)15-20(25)23-21(19-11-6-12-26-19)17-8-3-2-4-9-17/h2-13,21H,14-15H2,1H3,(H,23,25)/t21-/m0/s1. The molecule has 0 unspecified atom stereocenters. The maximum atomic E-state index is 13.3. The number of amides is 1. The molecule has 3 nitrogen and oxygen atoms in total. The summed E-state index contributed by atoms with van der Waals surface area (Å²) in [4.78, 5) is 15.5. The molecular weight excluding hydrogens is 347 g/mol. The van der Waals surface area contributed by atoms with Crippen molar-refractivity contribution >= 4 is 17.2 Å². The first-order valence-corrected chi connectivity index (χ1v) is 9.30. The lowest BCUT2D eigenvalue weighted by Gasteiger charge is -2.21. The van der Waals surface area contributed by atoms with Crippen molar-refractivity contribution in [2.45, 2.75) is 12.6 Å². The average Bonchev–Trinajstić information content (AvgIpc) is 3.14. The highest BCUT2D eigenvalue weighted by atomic mass is 32.1. The molecule has 0 aliphatic rings. The molecule has 0 saturated heterocycles. The van der Waals surface area contributed by atoms with Gasteiger partial charge in [0.2, 0.25) is 5.91 Å². The van der Waals surface area contributed by atoms with Gasteiger partial charge >= 0.3 is 0 Å². The van der Waals surface area contributed by atoms with Crippen LogP contribution in [0.15, 0.2) is 72.1 Å². The Hall–Kier alpha value is -2.50. The molecule has 0 aliphatic carbocycles. The molecule has 2 aromatic carbocycles. The molecule has 0 fully saturated rings. The highest BCUT2D eigenvalue weighted by molar-refractivity contribution is 7.10. The minimum absolute atomic E-state index is 0.0637. The van der Waals surface area contributed by atoms with E-state index in [1.165, 1.54) is 12.1 Å². The van der Waals surface area contributed by atoms with Gasteiger partial charge < -0.3 is 5.32 Å². The number of carbonyl (C=O) groups excluding carboxylic acids is 1. The number of nitrogens with one attached hydrogen (secondary N) is 1. The number of halogens is 1. The van der Waals surface area contributed by atoms with E-state index >= 15 is 0 Å². The molecule has 26 heavy (non-hydrogen) atoms. The highest BCUT2D eigenvalue weighted by Gasteiger charge is 2.18. The lowest BCUT2D eigenvalue weighted by atomic mass is 10.1. The van der Waals surface area contributed by atoms with Crippen molar-refractivity contribution in [2.24, 2.45) is 0 Å². The molecule has 1 N–H and O–H groups in total. The van der Waals surface area contributed by atoms with Crippen molar-refractivity contribution in [1.29, 1.82) is 0 Å². The number of benzene rings is 2. The molecule has 1 atom stereocenters. The molecule has 0 spiro atoms. The van der Waals surface area contributed by atoms with Crippen molar-refractivity contribution in [2.75, 3.05) is 13.6 Å². The van der Waals surface area contributed by atoms with Crippen LogP contribution in [0.25, 0.3) is 0 Å². The molecule has 1 aromatic heterocycles. The van der Waals surface area contributed by atoms with E-state index in [9.17, 15) is 9.18 Å². The van der Waals surface area contributed by atoms with Crippen LogP contribution in [0, 0.1) is 5.82 Å². The van der Waals surface area contributed by atoms with Gasteiger partial charge in [0.25, 0.3) is 0 Å². The Morgan fingerprint density at radius 2 is 1.92 bits per heavy atom. The number of carbonyl (C=O) groups is 1. The Kier molecular flexibility index (Phi) is 6.15. The van der Waals surface area contributed by atoms with E-state index < -0.39 is 0 Å². The predicted octanol–water partition coefficient (Wildman–Crippen LogP) is 4.22. The number of hydrogen-bond acceptors (Lipinski definition) is 3. The zero-order valence-electron chi connectivity index (χ0n) is 14.6. The van der Waals surface area contributed by atoms with Crippen LogP contribution < -0.4 is 5.32 Å². The van der Waals surface area contributed by atoms with Gasteiger partial charge in [-0.1, -0.05) is 48.5 Å². The fraction of sp³-hybridized carbons (Fsp3) is 0.190. The fourth-order valence-corrected chi connectivity index (χ4v) is 3.68. The molecule has 0 aliphatic heterocycles. The van der Waals surface area contributed by atoms with E-state index in [0.717, 1.165) is 16.0 Å². The summed E-state index contributed by atoms with van der Waals surface area (Å²) in [6, 6.07) is 20.2. The first-order valence-electron chi connectivity index (χ1n) is 8.42. The van der Waals surface area contributed by atoms with Crippen LogP contribution in [0.3, 0.4) is 0 Å². The molecule has 0 radical (unpaired) electrons. The molecule has 0 saturated carbocycles. The van der Waals surface area contributed by atoms with Crippen molar-refractivity contribution in [1.82, 2.24) is 10.2 Å². The van der Waals surface area contributed by atoms with Crippen molar-refractivity contribution in [3.63, 3.8) is 0 Å². The Morgan fingerprint density at radius 3 is 2.62 bits per heavy atom. The summed E-state index contributed by atoms with van der Waals surface area (Å²) in [5.41, 5.74) is 1.90. The van der Waals surface area contributed by atoms with Crippen LogP contribution in [0.5, 0.6) is 0 Å². The van der Waals surface area contributed by atoms with E-state index in [0.29, 0.717) is 6.54 Å². The maximum absolute atomic E-state index is 13.3. The van der Waals surface area contributed by atoms with Gasteiger partial charge in [0.1, 0.15) is 5.82 Å². The van der Waals surface area contributed by atoms with Crippen LogP contribution in [0.1, 0.15) is 22.0 Å². The Bertz CT molecular complexity index is 836. The van der Waals surface area contributed by atoms with Gasteiger partial charge in [0.15, 0.2) is 0 Å². The van der Waals surface area contributed by atoms with E-state index in [-0.39, 0.29) is 24.3 Å². The number of nitrogens with zero attached hydrogens (tertiary/aromatic N) is 1. The second kappa shape index (κ2) is 8.74. The summed E-state index contributed by atoms with van der Waals surface area (Å²) in [7, 11) is 1.85. The SMILES string of the molecule is CN(CC(=O)N[C@@H](c1ccccc1)c1cccs1)Cc1cccc(F)c1. The van der Waals surface area contributed by atoms with Crippen molar-refractivity contribution < 1.29 is 9.18 Å². The molecule has 134 valence electrons. The van der Waals surface area contributed by atoms with Gasteiger partial charge in [-0.3, -0.25) is 9.69 Å². The summed E-state index contributed by atoms with van der Waals surface area (Å²) < 4.78 is 13.3. The molecule has 1 heterocycles. The second-order valence-electron chi connectivity index (χ2n) is 6.23. The van der Waals surface area contributed by atoms with Gasteiger partial charge in [0.05, 0.1) is 12.6 Å². The van der Waals surface area contributed by atoms with Crippen molar-refractivity contribution in [3.05, 3.63) is 93.9 Å². The zero-order chi connectivity index (χ0) is 18.4. The van der Waals surface area contributed by atoms with Gasteiger partial charge in [-0.15, -0.1) is 11.3 Å². The number of hydrogen-bond donors (Lipinski definition) is 1. The quantitative estimate of drug-likeness (QED) is 0.677. The van der Waals surface area contributed by atoms with E-state index in [1.807, 2.05) is 65.9 Å². The zero-order valence-corrected chi connectivity index (χ0v) is 15.4. The number of thiophene rings is 1. The lowest BCUT2D eigenvalue weighted by Crippen LogP contribution is -2.37. The Morgan fingerprint density at radius 1 is 1.12 bits per heavy atom. The van der Waals surface area contributed by atoms with Gasteiger partial charge in [-0.2, -0.15) is 0 Å². The van der Waals surface area contributed by atoms with Crippen LogP contribution in [0.4, 0.5) is 4.39 Å². The molecule has 5 heteroatoms. The monoisotopic (exact) mass is 368 g/mol. The van der Waals surface area contributed by atoms with E-state index in [2.05, 4.69) is 5.32 Å². The maximum Gasteiger partial charge on any atom is 0.234 e. The van der Waals surface area contributed by atoms with Gasteiger partial charge in [-0.25, -0.2) is 4.39 Å². The third-order valence-electron chi connectivity index (χ3n) is 4.02. The third kappa shape index (κ3) is 5.00. The lowest BCUT2D eigenvalue weighted by molar-refractivity contribution is -0.122. The summed E-state index contributed by atoms with van der Waals surface area (Å²) in [5.74, 6) is -0.326. The van der Waals surface area contributed by atoms with Crippen LogP contribution in [-0.2, 0) is 11.3 Å².